The molecule has 0 spiro atoms. The van der Waals surface area contributed by atoms with Gasteiger partial charge in [0.05, 0.1) is 12.2 Å². The van der Waals surface area contributed by atoms with Gasteiger partial charge in [-0.05, 0) is 48.8 Å². The first-order chi connectivity index (χ1) is 9.13. The summed E-state index contributed by atoms with van der Waals surface area (Å²) in [6.45, 7) is 16.3. The lowest BCUT2D eigenvalue weighted by atomic mass is 9.60. The molecule has 0 bridgehead atoms. The molecule has 0 unspecified atom stereocenters. The molecule has 1 aromatic rings. The number of hydrogen-bond acceptors (Lipinski definition) is 2. The molecule has 110 valence electrons. The predicted octanol–water partition coefficient (Wildman–Crippen LogP) is 3.60. The quantitative estimate of drug-likeness (QED) is 0.784. The second-order valence-electron chi connectivity index (χ2n) is 7.38. The summed E-state index contributed by atoms with van der Waals surface area (Å²) in [5.41, 5.74) is 3.90. The minimum Gasteiger partial charge on any atom is -0.493 e. The zero-order valence-electron chi connectivity index (χ0n) is 14.0. The van der Waals surface area contributed by atoms with Crippen LogP contribution in [-0.2, 0) is 11.1 Å². The van der Waals surface area contributed by atoms with Crippen LogP contribution >= 0.6 is 0 Å². The third kappa shape index (κ3) is 2.74. The van der Waals surface area contributed by atoms with Crippen molar-refractivity contribution in [1.29, 1.82) is 0 Å². The molecular formula is C17H27BO2. The molecule has 3 heteroatoms. The Bertz CT molecular complexity index is 500. The van der Waals surface area contributed by atoms with E-state index in [4.69, 9.17) is 9.39 Å². The summed E-state index contributed by atoms with van der Waals surface area (Å²) in [4.78, 5) is 0. The average molecular weight is 274 g/mol. The van der Waals surface area contributed by atoms with Gasteiger partial charge in [-0.25, -0.2) is 0 Å². The predicted molar refractivity (Wildman–Crippen MR) is 86.2 cm³/mol. The van der Waals surface area contributed by atoms with E-state index in [1.54, 1.807) is 0 Å². The molecule has 0 aliphatic carbocycles. The Morgan fingerprint density at radius 2 is 1.80 bits per heavy atom. The molecule has 1 aromatic carbocycles. The maximum atomic E-state index is 6.39. The summed E-state index contributed by atoms with van der Waals surface area (Å²) < 4.78 is 12.0. The van der Waals surface area contributed by atoms with Gasteiger partial charge in [-0.1, -0.05) is 33.7 Å². The van der Waals surface area contributed by atoms with Gasteiger partial charge in [-0.2, -0.15) is 0 Å². The fraction of sp³-hybridized carbons (Fsp3) is 0.647. The highest BCUT2D eigenvalue weighted by atomic mass is 16.5. The molecule has 0 fully saturated rings. The Kier molecular flexibility index (Phi) is 3.94. The van der Waals surface area contributed by atoms with E-state index in [2.05, 4.69) is 60.5 Å². The smallest absolute Gasteiger partial charge is 0.324 e. The maximum absolute atomic E-state index is 6.39. The van der Waals surface area contributed by atoms with Crippen LogP contribution in [0.4, 0.5) is 0 Å². The van der Waals surface area contributed by atoms with Gasteiger partial charge in [0, 0.05) is 6.42 Å². The van der Waals surface area contributed by atoms with Crippen molar-refractivity contribution in [2.75, 3.05) is 6.61 Å². The topological polar surface area (TPSA) is 18.5 Å². The van der Waals surface area contributed by atoms with Gasteiger partial charge >= 0.3 is 6.92 Å². The first-order valence-electron chi connectivity index (χ1n) is 7.56. The van der Waals surface area contributed by atoms with Crippen molar-refractivity contribution in [3.63, 3.8) is 0 Å². The Morgan fingerprint density at radius 3 is 2.40 bits per heavy atom. The number of benzene rings is 1. The van der Waals surface area contributed by atoms with Gasteiger partial charge in [-0.3, -0.25) is 0 Å². The molecule has 2 nitrogen and oxygen atoms in total. The Hall–Kier alpha value is -0.955. The van der Waals surface area contributed by atoms with Crippen LogP contribution in [-0.4, -0.2) is 19.1 Å². The van der Waals surface area contributed by atoms with E-state index in [0.29, 0.717) is 0 Å². The summed E-state index contributed by atoms with van der Waals surface area (Å²) in [7, 11) is 0. The summed E-state index contributed by atoms with van der Waals surface area (Å²) in [6.07, 6.45) is 1.02. The van der Waals surface area contributed by atoms with Crippen LogP contribution in [0.5, 0.6) is 5.75 Å². The molecule has 0 N–H and O–H groups in total. The average Bonchev–Trinajstić information content (AvgIpc) is 2.75. The van der Waals surface area contributed by atoms with Gasteiger partial charge in [0.25, 0.3) is 0 Å². The standard InChI is InChI=1S/C17H27BO2/c1-12-13-10-11-19-15(13)9-8-14(12)18(7)20-17(5,6)16(2,3)4/h8-9H,10-11H2,1-7H3. The molecule has 0 atom stereocenters. The molecular weight excluding hydrogens is 247 g/mol. The summed E-state index contributed by atoms with van der Waals surface area (Å²) in [5.74, 6) is 1.05. The SMILES string of the molecule is CB(OC(C)(C)C(C)(C)C)c1ccc2c(c1C)CCO2. The summed E-state index contributed by atoms with van der Waals surface area (Å²) in [6, 6.07) is 4.25. The maximum Gasteiger partial charge on any atom is 0.324 e. The summed E-state index contributed by atoms with van der Waals surface area (Å²) >= 11 is 0. The number of rotatable bonds is 3. The van der Waals surface area contributed by atoms with Crippen molar-refractivity contribution in [1.82, 2.24) is 0 Å². The van der Waals surface area contributed by atoms with E-state index >= 15 is 0 Å². The van der Waals surface area contributed by atoms with E-state index in [-0.39, 0.29) is 17.9 Å². The first-order valence-corrected chi connectivity index (χ1v) is 7.56. The lowest BCUT2D eigenvalue weighted by Gasteiger charge is -2.41. The van der Waals surface area contributed by atoms with Crippen LogP contribution < -0.4 is 10.2 Å². The molecule has 0 saturated heterocycles. The zero-order valence-corrected chi connectivity index (χ0v) is 14.0. The molecule has 0 amide bonds. The van der Waals surface area contributed by atoms with Gasteiger partial charge < -0.3 is 9.39 Å². The zero-order chi connectivity index (χ0) is 15.1. The second kappa shape index (κ2) is 5.11. The Morgan fingerprint density at radius 1 is 1.15 bits per heavy atom. The lowest BCUT2D eigenvalue weighted by molar-refractivity contribution is 0.000432. The molecule has 2 rings (SSSR count). The number of hydrogen-bond donors (Lipinski definition) is 0. The van der Waals surface area contributed by atoms with E-state index in [9.17, 15) is 0 Å². The molecule has 20 heavy (non-hydrogen) atoms. The Balaban J connectivity index is 2.25. The van der Waals surface area contributed by atoms with Gasteiger partial charge in [0.2, 0.25) is 0 Å². The van der Waals surface area contributed by atoms with Crippen LogP contribution in [0.3, 0.4) is 0 Å². The fourth-order valence-corrected chi connectivity index (χ4v) is 2.58. The largest absolute Gasteiger partial charge is 0.493 e. The fourth-order valence-electron chi connectivity index (χ4n) is 2.58. The van der Waals surface area contributed by atoms with Gasteiger partial charge in [0.15, 0.2) is 0 Å². The van der Waals surface area contributed by atoms with Crippen molar-refractivity contribution in [2.24, 2.45) is 5.41 Å². The van der Waals surface area contributed by atoms with Gasteiger partial charge in [-0.15, -0.1) is 0 Å². The van der Waals surface area contributed by atoms with Gasteiger partial charge in [0.1, 0.15) is 5.75 Å². The molecule has 1 heterocycles. The monoisotopic (exact) mass is 274 g/mol. The highest BCUT2D eigenvalue weighted by molar-refractivity contribution is 6.66. The first kappa shape index (κ1) is 15.4. The van der Waals surface area contributed by atoms with Crippen LogP contribution in [0.2, 0.25) is 6.82 Å². The normalized spacial score (nSPS) is 14.9. The van der Waals surface area contributed by atoms with Crippen LogP contribution in [0.25, 0.3) is 0 Å². The minimum atomic E-state index is -0.172. The van der Waals surface area contributed by atoms with Crippen LogP contribution in [0.1, 0.15) is 45.7 Å². The highest BCUT2D eigenvalue weighted by Crippen LogP contribution is 2.34. The van der Waals surface area contributed by atoms with E-state index in [0.717, 1.165) is 18.8 Å². The third-order valence-corrected chi connectivity index (χ3v) is 4.92. The van der Waals surface area contributed by atoms with Crippen LogP contribution in [0.15, 0.2) is 12.1 Å². The van der Waals surface area contributed by atoms with Crippen molar-refractivity contribution in [3.05, 3.63) is 23.3 Å². The second-order valence-corrected chi connectivity index (χ2v) is 7.38. The van der Waals surface area contributed by atoms with Crippen LogP contribution in [0, 0.1) is 12.3 Å². The molecule has 1 aliphatic heterocycles. The lowest BCUT2D eigenvalue weighted by Crippen LogP contribution is -2.47. The van der Waals surface area contributed by atoms with E-state index in [1.807, 2.05) is 0 Å². The van der Waals surface area contributed by atoms with Crippen molar-refractivity contribution >= 4 is 12.4 Å². The van der Waals surface area contributed by atoms with E-state index < -0.39 is 0 Å². The minimum absolute atomic E-state index is 0.0927. The molecule has 1 aliphatic rings. The highest BCUT2D eigenvalue weighted by Gasteiger charge is 2.36. The Labute approximate surface area is 124 Å². The third-order valence-electron chi connectivity index (χ3n) is 4.92. The number of ether oxygens (including phenoxy) is 1. The van der Waals surface area contributed by atoms with Crippen molar-refractivity contribution in [3.8, 4) is 5.75 Å². The van der Waals surface area contributed by atoms with Crippen molar-refractivity contribution < 1.29 is 9.39 Å². The van der Waals surface area contributed by atoms with E-state index in [1.165, 1.54) is 16.6 Å². The number of fused-ring (bicyclic) bond motifs is 1. The molecule has 0 aromatic heterocycles. The van der Waals surface area contributed by atoms with Crippen molar-refractivity contribution in [2.45, 2.75) is 60.4 Å². The molecule has 0 saturated carbocycles. The summed E-state index contributed by atoms with van der Waals surface area (Å²) in [5, 5.41) is 0. The molecule has 0 radical (unpaired) electrons.